The number of ether oxygens (including phenoxy) is 2. The fraction of sp³-hybridized carbons (Fsp3) is 0.455. The van der Waals surface area contributed by atoms with E-state index in [-0.39, 0.29) is 0 Å². The molecule has 2 N–H and O–H groups in total. The van der Waals surface area contributed by atoms with Crippen LogP contribution in [0.2, 0.25) is 0 Å². The second-order valence-electron chi connectivity index (χ2n) is 3.57. The molecule has 1 aliphatic rings. The van der Waals surface area contributed by atoms with E-state index < -0.39 is 0 Å². The second kappa shape index (κ2) is 5.43. The second-order valence-corrected chi connectivity index (χ2v) is 4.65. The first-order valence-corrected chi connectivity index (χ1v) is 6.22. The van der Waals surface area contributed by atoms with Gasteiger partial charge < -0.3 is 9.47 Å². The molecule has 1 aliphatic heterocycles. The van der Waals surface area contributed by atoms with Gasteiger partial charge in [-0.2, -0.15) is 11.8 Å². The van der Waals surface area contributed by atoms with Crippen LogP contribution in [0, 0.1) is 0 Å². The first kappa shape index (κ1) is 11.6. The Hall–Kier alpha value is -0.910. The van der Waals surface area contributed by atoms with E-state index in [1.165, 1.54) is 0 Å². The molecule has 0 saturated carbocycles. The predicted molar refractivity (Wildman–Crippen MR) is 63.7 cm³/mol. The smallest absolute Gasteiger partial charge is 0.161 e. The summed E-state index contributed by atoms with van der Waals surface area (Å²) in [5.41, 5.74) is 0.967. The molecule has 16 heavy (non-hydrogen) atoms. The predicted octanol–water partition coefficient (Wildman–Crippen LogP) is 1.58. The van der Waals surface area contributed by atoms with Crippen LogP contribution in [0.25, 0.3) is 0 Å². The van der Waals surface area contributed by atoms with Gasteiger partial charge in [0.1, 0.15) is 6.10 Å². The minimum Gasteiger partial charge on any atom is -0.493 e. The highest BCUT2D eigenvalue weighted by atomic mass is 32.2. The largest absolute Gasteiger partial charge is 0.493 e. The van der Waals surface area contributed by atoms with Gasteiger partial charge >= 0.3 is 0 Å². The molecule has 0 spiro atoms. The van der Waals surface area contributed by atoms with Gasteiger partial charge in [-0.25, -0.2) is 5.90 Å². The summed E-state index contributed by atoms with van der Waals surface area (Å²) in [6.07, 6.45) is 0.315. The Balaban J connectivity index is 2.10. The van der Waals surface area contributed by atoms with Gasteiger partial charge in [-0.3, -0.25) is 4.84 Å². The molecule has 0 amide bonds. The van der Waals surface area contributed by atoms with E-state index in [4.69, 9.17) is 15.4 Å². The van der Waals surface area contributed by atoms with Gasteiger partial charge in [-0.05, 0) is 17.7 Å². The minimum atomic E-state index is 0.315. The SMILES string of the molecule is COc1cc(CON)ccc1OC1CSC1. The Bertz CT molecular complexity index is 355. The van der Waals surface area contributed by atoms with Crippen molar-refractivity contribution in [2.75, 3.05) is 18.6 Å². The summed E-state index contributed by atoms with van der Waals surface area (Å²) in [5, 5.41) is 0. The topological polar surface area (TPSA) is 53.7 Å². The number of hydrogen-bond donors (Lipinski definition) is 1. The summed E-state index contributed by atoms with van der Waals surface area (Å²) < 4.78 is 11.1. The van der Waals surface area contributed by atoms with Gasteiger partial charge in [0, 0.05) is 11.5 Å². The van der Waals surface area contributed by atoms with Crippen molar-refractivity contribution in [1.29, 1.82) is 0 Å². The van der Waals surface area contributed by atoms with Crippen molar-refractivity contribution in [2.45, 2.75) is 12.7 Å². The molecule has 4 nitrogen and oxygen atoms in total. The van der Waals surface area contributed by atoms with Crippen LogP contribution in [0.1, 0.15) is 5.56 Å². The van der Waals surface area contributed by atoms with E-state index in [0.717, 1.165) is 28.6 Å². The van der Waals surface area contributed by atoms with Crippen LogP contribution in [-0.2, 0) is 11.4 Å². The normalized spacial score (nSPS) is 15.6. The monoisotopic (exact) mass is 241 g/mol. The Morgan fingerprint density at radius 2 is 2.19 bits per heavy atom. The number of nitrogens with two attached hydrogens (primary N) is 1. The molecule has 1 heterocycles. The molecule has 0 radical (unpaired) electrons. The lowest BCUT2D eigenvalue weighted by atomic mass is 10.2. The van der Waals surface area contributed by atoms with Crippen LogP contribution in [0.15, 0.2) is 18.2 Å². The first-order valence-electron chi connectivity index (χ1n) is 5.06. The van der Waals surface area contributed by atoms with E-state index in [2.05, 4.69) is 4.84 Å². The highest BCUT2D eigenvalue weighted by molar-refractivity contribution is 8.00. The van der Waals surface area contributed by atoms with Gasteiger partial charge in [0.15, 0.2) is 11.5 Å². The molecule has 1 fully saturated rings. The molecule has 1 aromatic rings. The summed E-state index contributed by atoms with van der Waals surface area (Å²) >= 11 is 1.89. The summed E-state index contributed by atoms with van der Waals surface area (Å²) in [4.78, 5) is 4.58. The van der Waals surface area contributed by atoms with Crippen molar-refractivity contribution < 1.29 is 14.3 Å². The zero-order valence-corrected chi connectivity index (χ0v) is 9.96. The Labute approximate surface area is 99.0 Å². The number of thioether (sulfide) groups is 1. The van der Waals surface area contributed by atoms with Crippen molar-refractivity contribution >= 4 is 11.8 Å². The maximum atomic E-state index is 5.79. The standard InChI is InChI=1S/C11H15NO3S/c1-13-11-4-8(5-14-12)2-3-10(11)15-9-6-16-7-9/h2-4,9H,5-7,12H2,1H3. The van der Waals surface area contributed by atoms with Crippen LogP contribution >= 0.6 is 11.8 Å². The Morgan fingerprint density at radius 1 is 1.38 bits per heavy atom. The Morgan fingerprint density at radius 3 is 2.75 bits per heavy atom. The molecular formula is C11H15NO3S. The molecule has 0 unspecified atom stereocenters. The number of methoxy groups -OCH3 is 1. The lowest BCUT2D eigenvalue weighted by Crippen LogP contribution is -2.31. The molecule has 88 valence electrons. The molecule has 0 atom stereocenters. The quantitative estimate of drug-likeness (QED) is 0.793. The van der Waals surface area contributed by atoms with E-state index in [9.17, 15) is 0 Å². The molecule has 2 rings (SSSR count). The molecule has 1 saturated heterocycles. The lowest BCUT2D eigenvalue weighted by molar-refractivity contribution is 0.124. The van der Waals surface area contributed by atoms with E-state index >= 15 is 0 Å². The van der Waals surface area contributed by atoms with E-state index in [1.54, 1.807) is 7.11 Å². The van der Waals surface area contributed by atoms with Gasteiger partial charge in [0.05, 0.1) is 13.7 Å². The molecule has 0 aromatic heterocycles. The summed E-state index contributed by atoms with van der Waals surface area (Å²) in [7, 11) is 1.63. The van der Waals surface area contributed by atoms with Crippen LogP contribution in [-0.4, -0.2) is 24.7 Å². The third kappa shape index (κ3) is 2.61. The van der Waals surface area contributed by atoms with Crippen LogP contribution in [0.5, 0.6) is 11.5 Å². The van der Waals surface area contributed by atoms with Crippen LogP contribution in [0.3, 0.4) is 0 Å². The van der Waals surface area contributed by atoms with Crippen molar-refractivity contribution in [3.8, 4) is 11.5 Å². The zero-order chi connectivity index (χ0) is 11.4. The van der Waals surface area contributed by atoms with Crippen LogP contribution < -0.4 is 15.4 Å². The van der Waals surface area contributed by atoms with Gasteiger partial charge in [0.2, 0.25) is 0 Å². The summed E-state index contributed by atoms with van der Waals surface area (Å²) in [5.74, 6) is 8.65. The molecule has 0 aliphatic carbocycles. The number of benzene rings is 1. The maximum absolute atomic E-state index is 5.79. The Kier molecular flexibility index (Phi) is 3.93. The highest BCUT2D eigenvalue weighted by Gasteiger charge is 2.21. The number of rotatable bonds is 5. The van der Waals surface area contributed by atoms with Crippen molar-refractivity contribution in [1.82, 2.24) is 0 Å². The molecule has 5 heteroatoms. The summed E-state index contributed by atoms with van der Waals surface area (Å²) in [6, 6.07) is 5.71. The van der Waals surface area contributed by atoms with E-state index in [0.29, 0.717) is 12.7 Å². The van der Waals surface area contributed by atoms with Gasteiger partial charge in [-0.15, -0.1) is 0 Å². The highest BCUT2D eigenvalue weighted by Crippen LogP contribution is 2.32. The van der Waals surface area contributed by atoms with E-state index in [1.807, 2.05) is 30.0 Å². The summed E-state index contributed by atoms with van der Waals surface area (Å²) in [6.45, 7) is 0.371. The van der Waals surface area contributed by atoms with Crippen LogP contribution in [0.4, 0.5) is 0 Å². The average molecular weight is 241 g/mol. The zero-order valence-electron chi connectivity index (χ0n) is 9.14. The molecular weight excluding hydrogens is 226 g/mol. The lowest BCUT2D eigenvalue weighted by Gasteiger charge is -2.26. The van der Waals surface area contributed by atoms with Gasteiger partial charge in [0.25, 0.3) is 0 Å². The van der Waals surface area contributed by atoms with Crippen molar-refractivity contribution in [3.63, 3.8) is 0 Å². The minimum absolute atomic E-state index is 0.315. The average Bonchev–Trinajstić information content (AvgIpc) is 2.25. The van der Waals surface area contributed by atoms with Crippen molar-refractivity contribution in [2.24, 2.45) is 5.90 Å². The number of hydrogen-bond acceptors (Lipinski definition) is 5. The third-order valence-electron chi connectivity index (χ3n) is 2.38. The fourth-order valence-electron chi connectivity index (χ4n) is 1.46. The van der Waals surface area contributed by atoms with Crippen molar-refractivity contribution in [3.05, 3.63) is 23.8 Å². The first-order chi connectivity index (χ1) is 7.83. The molecule has 1 aromatic carbocycles. The fourth-order valence-corrected chi connectivity index (χ4v) is 2.02. The third-order valence-corrected chi connectivity index (χ3v) is 3.59. The van der Waals surface area contributed by atoms with Gasteiger partial charge in [-0.1, -0.05) is 6.07 Å². The maximum Gasteiger partial charge on any atom is 0.161 e. The molecule has 0 bridgehead atoms.